The van der Waals surface area contributed by atoms with E-state index in [1.54, 1.807) is 6.26 Å². The molecule has 0 radical (unpaired) electrons. The van der Waals surface area contributed by atoms with Crippen molar-refractivity contribution in [2.24, 2.45) is 11.8 Å². The van der Waals surface area contributed by atoms with Crippen LogP contribution in [0.15, 0.2) is 25.0 Å². The fourth-order valence-corrected chi connectivity index (χ4v) is 2.44. The van der Waals surface area contributed by atoms with E-state index in [2.05, 4.69) is 18.7 Å². The van der Waals surface area contributed by atoms with Crippen molar-refractivity contribution < 1.29 is 4.74 Å². The molecule has 0 saturated heterocycles. The monoisotopic (exact) mass is 164 g/mol. The molecule has 2 aliphatic carbocycles. The van der Waals surface area contributed by atoms with Gasteiger partial charge in [-0.2, -0.15) is 0 Å². The first-order valence-electron chi connectivity index (χ1n) is 4.83. The van der Waals surface area contributed by atoms with E-state index in [1.807, 2.05) is 0 Å². The summed E-state index contributed by atoms with van der Waals surface area (Å²) < 4.78 is 5.42. The highest BCUT2D eigenvalue weighted by atomic mass is 16.5. The summed E-state index contributed by atoms with van der Waals surface area (Å²) in [6, 6.07) is 0. The van der Waals surface area contributed by atoms with Gasteiger partial charge in [0.25, 0.3) is 0 Å². The predicted octanol–water partition coefficient (Wildman–Crippen LogP) is 2.89. The highest BCUT2D eigenvalue weighted by molar-refractivity contribution is 5.03. The molecule has 2 rings (SSSR count). The summed E-state index contributed by atoms with van der Waals surface area (Å²) in [6.07, 6.45) is 11.8. The van der Waals surface area contributed by atoms with Gasteiger partial charge in [0, 0.05) is 0 Å². The molecule has 1 heteroatoms. The molecule has 0 aromatic carbocycles. The van der Waals surface area contributed by atoms with Crippen LogP contribution < -0.4 is 0 Å². The van der Waals surface area contributed by atoms with Crippen LogP contribution in [0.2, 0.25) is 0 Å². The molecule has 0 aliphatic heterocycles. The van der Waals surface area contributed by atoms with Gasteiger partial charge in [-0.25, -0.2) is 0 Å². The van der Waals surface area contributed by atoms with Gasteiger partial charge in [-0.1, -0.05) is 18.7 Å². The Labute approximate surface area is 74.1 Å². The van der Waals surface area contributed by atoms with Crippen LogP contribution in [-0.4, -0.2) is 6.10 Å². The molecule has 1 nitrogen and oxygen atoms in total. The topological polar surface area (TPSA) is 9.23 Å². The maximum absolute atomic E-state index is 5.42. The zero-order chi connectivity index (χ0) is 8.39. The first-order chi connectivity index (χ1) is 5.90. The lowest BCUT2D eigenvalue weighted by molar-refractivity contribution is 0.0727. The van der Waals surface area contributed by atoms with E-state index in [0.717, 1.165) is 11.8 Å². The molecule has 0 spiro atoms. The summed E-state index contributed by atoms with van der Waals surface area (Å²) in [5.74, 6) is 1.72. The van der Waals surface area contributed by atoms with Gasteiger partial charge in [0.1, 0.15) is 0 Å². The molecular formula is C11H16O. The van der Waals surface area contributed by atoms with Gasteiger partial charge >= 0.3 is 0 Å². The van der Waals surface area contributed by atoms with Crippen molar-refractivity contribution in [2.45, 2.75) is 31.8 Å². The van der Waals surface area contributed by atoms with Crippen LogP contribution in [-0.2, 0) is 4.74 Å². The van der Waals surface area contributed by atoms with Crippen LogP contribution in [0.25, 0.3) is 0 Å². The molecule has 66 valence electrons. The van der Waals surface area contributed by atoms with Crippen LogP contribution in [0.4, 0.5) is 0 Å². The Hall–Kier alpha value is -0.720. The Bertz CT molecular complexity index is 195. The average molecular weight is 164 g/mol. The molecule has 3 atom stereocenters. The van der Waals surface area contributed by atoms with Crippen molar-refractivity contribution in [1.29, 1.82) is 0 Å². The van der Waals surface area contributed by atoms with E-state index in [0.29, 0.717) is 6.10 Å². The molecule has 0 heterocycles. The lowest BCUT2D eigenvalue weighted by atomic mass is 9.80. The summed E-state index contributed by atoms with van der Waals surface area (Å²) in [4.78, 5) is 0. The van der Waals surface area contributed by atoms with Crippen molar-refractivity contribution in [3.05, 3.63) is 25.0 Å². The third-order valence-corrected chi connectivity index (χ3v) is 3.11. The fourth-order valence-electron chi connectivity index (χ4n) is 2.44. The van der Waals surface area contributed by atoms with Gasteiger partial charge < -0.3 is 4.74 Å². The third-order valence-electron chi connectivity index (χ3n) is 3.11. The molecule has 0 bridgehead atoms. The van der Waals surface area contributed by atoms with E-state index in [1.165, 1.54) is 25.7 Å². The maximum atomic E-state index is 5.42. The van der Waals surface area contributed by atoms with Crippen LogP contribution in [0.1, 0.15) is 25.7 Å². The van der Waals surface area contributed by atoms with E-state index < -0.39 is 0 Å². The van der Waals surface area contributed by atoms with Crippen LogP contribution >= 0.6 is 0 Å². The minimum atomic E-state index is 0.437. The van der Waals surface area contributed by atoms with Crippen LogP contribution in [0.5, 0.6) is 0 Å². The van der Waals surface area contributed by atoms with E-state index in [9.17, 15) is 0 Å². The molecule has 0 aromatic heterocycles. The number of fused-ring (bicyclic) bond motifs is 1. The fraction of sp³-hybridized carbons (Fsp3) is 0.636. The number of ether oxygens (including phenoxy) is 1. The van der Waals surface area contributed by atoms with E-state index >= 15 is 0 Å². The highest BCUT2D eigenvalue weighted by Gasteiger charge is 2.31. The lowest BCUT2D eigenvalue weighted by Crippen LogP contribution is -2.25. The number of rotatable bonds is 2. The standard InChI is InChI=1S/C11H16O/c1-2-12-11-7-6-9-4-3-5-10(9)8-11/h2-3,5,9-11H,1,4,6-8H2. The maximum Gasteiger partial charge on any atom is 0.0983 e. The van der Waals surface area contributed by atoms with Crippen molar-refractivity contribution in [1.82, 2.24) is 0 Å². The van der Waals surface area contributed by atoms with Crippen molar-refractivity contribution >= 4 is 0 Å². The zero-order valence-electron chi connectivity index (χ0n) is 7.41. The molecule has 0 aromatic rings. The van der Waals surface area contributed by atoms with E-state index in [4.69, 9.17) is 4.74 Å². The lowest BCUT2D eigenvalue weighted by Gasteiger charge is -2.30. The number of allylic oxidation sites excluding steroid dienone is 2. The van der Waals surface area contributed by atoms with Gasteiger partial charge in [0.15, 0.2) is 0 Å². The summed E-state index contributed by atoms with van der Waals surface area (Å²) in [7, 11) is 0. The second-order valence-corrected chi connectivity index (χ2v) is 3.83. The summed E-state index contributed by atoms with van der Waals surface area (Å²) in [5.41, 5.74) is 0. The minimum Gasteiger partial charge on any atom is -0.499 e. The second-order valence-electron chi connectivity index (χ2n) is 3.83. The molecule has 0 amide bonds. The molecule has 1 saturated carbocycles. The Morgan fingerprint density at radius 2 is 2.33 bits per heavy atom. The molecule has 0 N–H and O–H groups in total. The van der Waals surface area contributed by atoms with Crippen molar-refractivity contribution in [3.63, 3.8) is 0 Å². The van der Waals surface area contributed by atoms with Gasteiger partial charge in [0.05, 0.1) is 12.4 Å². The first kappa shape index (κ1) is 7.90. The second kappa shape index (κ2) is 3.34. The zero-order valence-corrected chi connectivity index (χ0v) is 7.41. The van der Waals surface area contributed by atoms with Gasteiger partial charge in [0.2, 0.25) is 0 Å². The predicted molar refractivity (Wildman–Crippen MR) is 49.7 cm³/mol. The average Bonchev–Trinajstić information content (AvgIpc) is 2.51. The van der Waals surface area contributed by atoms with Gasteiger partial charge in [-0.15, -0.1) is 0 Å². The van der Waals surface area contributed by atoms with Crippen molar-refractivity contribution in [3.8, 4) is 0 Å². The Morgan fingerprint density at radius 3 is 3.17 bits per heavy atom. The van der Waals surface area contributed by atoms with Crippen LogP contribution in [0.3, 0.4) is 0 Å². The largest absolute Gasteiger partial charge is 0.499 e. The molecule has 12 heavy (non-hydrogen) atoms. The quantitative estimate of drug-likeness (QED) is 0.450. The first-order valence-corrected chi connectivity index (χ1v) is 4.83. The third kappa shape index (κ3) is 1.40. The minimum absolute atomic E-state index is 0.437. The number of hydrogen-bond donors (Lipinski definition) is 0. The van der Waals surface area contributed by atoms with Crippen LogP contribution in [0, 0.1) is 11.8 Å². The molecule has 1 fully saturated rings. The Balaban J connectivity index is 1.91. The number of hydrogen-bond acceptors (Lipinski definition) is 1. The van der Waals surface area contributed by atoms with E-state index in [-0.39, 0.29) is 0 Å². The molecule has 3 unspecified atom stereocenters. The smallest absolute Gasteiger partial charge is 0.0983 e. The van der Waals surface area contributed by atoms with Gasteiger partial charge in [-0.3, -0.25) is 0 Å². The SMILES string of the molecule is C=COC1CCC2CC=CC2C1. The summed E-state index contributed by atoms with van der Waals surface area (Å²) in [5, 5.41) is 0. The molecular weight excluding hydrogens is 148 g/mol. The Morgan fingerprint density at radius 1 is 1.42 bits per heavy atom. The molecule has 2 aliphatic rings. The van der Waals surface area contributed by atoms with Crippen molar-refractivity contribution in [2.75, 3.05) is 0 Å². The Kier molecular flexibility index (Phi) is 2.20. The summed E-state index contributed by atoms with van der Waals surface area (Å²) >= 11 is 0. The highest BCUT2D eigenvalue weighted by Crippen LogP contribution is 2.38. The van der Waals surface area contributed by atoms with Gasteiger partial charge in [-0.05, 0) is 37.5 Å². The normalized spacial score (nSPS) is 39.2. The summed E-state index contributed by atoms with van der Waals surface area (Å²) in [6.45, 7) is 3.60.